The van der Waals surface area contributed by atoms with E-state index < -0.39 is 5.41 Å². The van der Waals surface area contributed by atoms with Crippen molar-refractivity contribution in [1.29, 1.82) is 0 Å². The highest BCUT2D eigenvalue weighted by Gasteiger charge is 2.56. The Balaban J connectivity index is 1.31. The molecule has 3 N–H and O–H groups in total. The molecule has 2 amide bonds. The Bertz CT molecular complexity index is 1020. The van der Waals surface area contributed by atoms with Gasteiger partial charge in [0.25, 0.3) is 0 Å². The second-order valence-electron chi connectivity index (χ2n) is 7.22. The van der Waals surface area contributed by atoms with Crippen LogP contribution in [0.3, 0.4) is 0 Å². The number of carbonyl (C=O) groups is 2. The van der Waals surface area contributed by atoms with Crippen molar-refractivity contribution >= 4 is 34.3 Å². The van der Waals surface area contributed by atoms with Gasteiger partial charge in [-0.3, -0.25) is 9.59 Å². The number of benzene rings is 2. The highest BCUT2D eigenvalue weighted by molar-refractivity contribution is 6.31. The Morgan fingerprint density at radius 3 is 2.46 bits per heavy atom. The zero-order valence-electron chi connectivity index (χ0n) is 15.4. The van der Waals surface area contributed by atoms with Gasteiger partial charge in [-0.05, 0) is 42.5 Å². The summed E-state index contributed by atoms with van der Waals surface area (Å²) in [5.74, 6) is -0.416. The number of hydrogen-bond donors (Lipinski definition) is 3. The van der Waals surface area contributed by atoms with Crippen LogP contribution in [0.2, 0.25) is 5.02 Å². The number of nitrogens with one attached hydrogen (secondary N) is 3. The summed E-state index contributed by atoms with van der Waals surface area (Å²) >= 11 is 6.13. The van der Waals surface area contributed by atoms with Crippen LogP contribution in [0.15, 0.2) is 54.7 Å². The maximum absolute atomic E-state index is 12.6. The van der Waals surface area contributed by atoms with Crippen LogP contribution in [0.5, 0.6) is 0 Å². The Kier molecular flexibility index (Phi) is 5.09. The molecule has 0 spiro atoms. The molecule has 28 heavy (non-hydrogen) atoms. The summed E-state index contributed by atoms with van der Waals surface area (Å²) in [7, 11) is 0. The smallest absolute Gasteiger partial charge is 0.235 e. The zero-order chi connectivity index (χ0) is 19.6. The highest BCUT2D eigenvalue weighted by atomic mass is 35.5. The average molecular weight is 396 g/mol. The normalized spacial score (nSPS) is 14.6. The van der Waals surface area contributed by atoms with Crippen molar-refractivity contribution in [3.63, 3.8) is 0 Å². The highest BCUT2D eigenvalue weighted by Crippen LogP contribution is 2.46. The van der Waals surface area contributed by atoms with Crippen molar-refractivity contribution < 1.29 is 9.59 Å². The largest absolute Gasteiger partial charge is 0.361 e. The molecule has 6 heteroatoms. The molecular formula is C22H22ClN3O2. The summed E-state index contributed by atoms with van der Waals surface area (Å²) in [6.07, 6.45) is 3.85. The Labute approximate surface area is 168 Å². The first kappa shape index (κ1) is 18.6. The Morgan fingerprint density at radius 1 is 0.964 bits per heavy atom. The number of aromatic amines is 1. The van der Waals surface area contributed by atoms with Gasteiger partial charge in [-0.15, -0.1) is 0 Å². The van der Waals surface area contributed by atoms with Crippen LogP contribution >= 0.6 is 11.6 Å². The van der Waals surface area contributed by atoms with Gasteiger partial charge in [0.1, 0.15) is 5.41 Å². The van der Waals surface area contributed by atoms with Crippen molar-refractivity contribution in [3.05, 3.63) is 70.9 Å². The molecule has 5 nitrogen and oxygen atoms in total. The lowest BCUT2D eigenvalue weighted by atomic mass is 10.0. The molecule has 0 aliphatic heterocycles. The van der Waals surface area contributed by atoms with E-state index in [0.717, 1.165) is 22.0 Å². The van der Waals surface area contributed by atoms with Crippen LogP contribution in [0.1, 0.15) is 24.0 Å². The molecule has 0 bridgehead atoms. The number of para-hydroxylation sites is 1. The third kappa shape index (κ3) is 3.62. The molecule has 1 aliphatic carbocycles. The maximum Gasteiger partial charge on any atom is 0.235 e. The number of fused-ring (bicyclic) bond motifs is 1. The second-order valence-corrected chi connectivity index (χ2v) is 7.63. The fraction of sp³-hybridized carbons (Fsp3) is 0.273. The Morgan fingerprint density at radius 2 is 1.68 bits per heavy atom. The summed E-state index contributed by atoms with van der Waals surface area (Å²) < 4.78 is 0. The van der Waals surface area contributed by atoms with Gasteiger partial charge in [-0.2, -0.15) is 0 Å². The molecule has 1 fully saturated rings. The molecule has 0 atom stereocenters. The summed E-state index contributed by atoms with van der Waals surface area (Å²) in [5, 5.41) is 7.57. The van der Waals surface area contributed by atoms with Crippen LogP contribution in [0.4, 0.5) is 0 Å². The van der Waals surface area contributed by atoms with Crippen molar-refractivity contribution in [2.24, 2.45) is 5.41 Å². The van der Waals surface area contributed by atoms with Crippen molar-refractivity contribution in [2.45, 2.75) is 25.8 Å². The van der Waals surface area contributed by atoms with Gasteiger partial charge < -0.3 is 15.6 Å². The lowest BCUT2D eigenvalue weighted by Gasteiger charge is -2.16. The molecule has 4 rings (SSSR count). The van der Waals surface area contributed by atoms with Crippen molar-refractivity contribution in [2.75, 3.05) is 6.54 Å². The summed E-state index contributed by atoms with van der Waals surface area (Å²) in [5.41, 5.74) is 2.15. The molecule has 1 heterocycles. The van der Waals surface area contributed by atoms with E-state index >= 15 is 0 Å². The monoisotopic (exact) mass is 395 g/mol. The van der Waals surface area contributed by atoms with Gasteiger partial charge in [0.05, 0.1) is 0 Å². The van der Waals surface area contributed by atoms with Crippen LogP contribution in [0.25, 0.3) is 10.9 Å². The van der Waals surface area contributed by atoms with Gasteiger partial charge in [0.2, 0.25) is 11.8 Å². The molecular weight excluding hydrogens is 374 g/mol. The quantitative estimate of drug-likeness (QED) is 0.535. The van der Waals surface area contributed by atoms with Gasteiger partial charge in [0.15, 0.2) is 0 Å². The van der Waals surface area contributed by atoms with E-state index in [1.165, 1.54) is 0 Å². The van der Waals surface area contributed by atoms with E-state index in [9.17, 15) is 9.59 Å². The van der Waals surface area contributed by atoms with Gasteiger partial charge in [0, 0.05) is 35.2 Å². The van der Waals surface area contributed by atoms with E-state index in [1.54, 1.807) is 6.07 Å². The zero-order valence-corrected chi connectivity index (χ0v) is 16.2. The first-order valence-electron chi connectivity index (χ1n) is 9.45. The Hall–Kier alpha value is -2.79. The number of halogens is 1. The van der Waals surface area contributed by atoms with Crippen molar-refractivity contribution in [1.82, 2.24) is 15.6 Å². The predicted octanol–water partition coefficient (Wildman–Crippen LogP) is 3.58. The average Bonchev–Trinajstić information content (AvgIpc) is 3.43. The molecule has 1 saturated carbocycles. The molecule has 1 aliphatic rings. The first-order valence-corrected chi connectivity index (χ1v) is 9.83. The molecule has 0 saturated heterocycles. The van der Waals surface area contributed by atoms with Crippen LogP contribution in [0, 0.1) is 5.41 Å². The lowest BCUT2D eigenvalue weighted by Crippen LogP contribution is -2.43. The topological polar surface area (TPSA) is 74.0 Å². The molecule has 144 valence electrons. The second kappa shape index (κ2) is 7.68. The minimum absolute atomic E-state index is 0.191. The summed E-state index contributed by atoms with van der Waals surface area (Å²) in [6, 6.07) is 15.4. The molecule has 3 aromatic rings. The van der Waals surface area contributed by atoms with E-state index in [2.05, 4.69) is 21.7 Å². The van der Waals surface area contributed by atoms with Crippen LogP contribution < -0.4 is 10.6 Å². The van der Waals surface area contributed by atoms with Crippen LogP contribution in [-0.4, -0.2) is 23.3 Å². The summed E-state index contributed by atoms with van der Waals surface area (Å²) in [6.45, 7) is 0.823. The minimum atomic E-state index is -0.929. The number of aromatic nitrogens is 1. The number of H-pyrrole nitrogens is 1. The third-order valence-electron chi connectivity index (χ3n) is 5.37. The maximum atomic E-state index is 12.6. The number of carbonyl (C=O) groups excluding carboxylic acids is 2. The third-order valence-corrected chi connectivity index (χ3v) is 5.74. The van der Waals surface area contributed by atoms with Gasteiger partial charge in [-0.1, -0.05) is 48.0 Å². The molecule has 1 aromatic heterocycles. The van der Waals surface area contributed by atoms with E-state index in [0.29, 0.717) is 37.4 Å². The van der Waals surface area contributed by atoms with E-state index in [4.69, 9.17) is 11.6 Å². The number of hydrogen-bond acceptors (Lipinski definition) is 2. The van der Waals surface area contributed by atoms with Crippen LogP contribution in [-0.2, 0) is 22.6 Å². The SMILES string of the molecule is O=C(NCCc1c[nH]c2ccccc12)C1(C(=O)NCc2ccccc2Cl)CC1. The predicted molar refractivity (Wildman–Crippen MR) is 110 cm³/mol. The first-order chi connectivity index (χ1) is 13.6. The molecule has 0 radical (unpaired) electrons. The van der Waals surface area contributed by atoms with Gasteiger partial charge >= 0.3 is 0 Å². The standard InChI is InChI=1S/C22H22ClN3O2/c23-18-7-3-1-5-16(18)14-26-21(28)22(10-11-22)20(27)24-12-9-15-13-25-19-8-4-2-6-17(15)19/h1-8,13,25H,9-12,14H2,(H,24,27)(H,26,28). The molecule has 2 aromatic carbocycles. The van der Waals surface area contributed by atoms with E-state index in [1.807, 2.05) is 42.6 Å². The number of rotatable bonds is 7. The van der Waals surface area contributed by atoms with Crippen molar-refractivity contribution in [3.8, 4) is 0 Å². The van der Waals surface area contributed by atoms with E-state index in [-0.39, 0.29) is 11.8 Å². The fourth-order valence-corrected chi connectivity index (χ4v) is 3.69. The minimum Gasteiger partial charge on any atom is -0.361 e. The lowest BCUT2D eigenvalue weighted by molar-refractivity contribution is -0.137. The number of amides is 2. The van der Waals surface area contributed by atoms with Gasteiger partial charge in [-0.25, -0.2) is 0 Å². The fourth-order valence-electron chi connectivity index (χ4n) is 3.49. The molecule has 0 unspecified atom stereocenters. The summed E-state index contributed by atoms with van der Waals surface area (Å²) in [4.78, 5) is 28.5.